The molecular formula is C17H25N3. The van der Waals surface area contributed by atoms with Crippen LogP contribution in [0, 0.1) is 12.3 Å². The summed E-state index contributed by atoms with van der Waals surface area (Å²) in [6.45, 7) is 4.92. The molecule has 0 saturated carbocycles. The lowest BCUT2D eigenvalue weighted by atomic mass is 9.96. The van der Waals surface area contributed by atoms with E-state index in [0.717, 1.165) is 18.8 Å². The van der Waals surface area contributed by atoms with Crippen molar-refractivity contribution in [3.8, 4) is 0 Å². The normalized spacial score (nSPS) is 20.6. The lowest BCUT2D eigenvalue weighted by molar-refractivity contribution is 0.256. The number of nitrogens with two attached hydrogens (primary N) is 1. The van der Waals surface area contributed by atoms with Gasteiger partial charge in [0.2, 0.25) is 0 Å². The predicted octanol–water partition coefficient (Wildman–Crippen LogP) is 3.75. The molecule has 0 aromatic heterocycles. The molecular weight excluding hydrogens is 246 g/mol. The summed E-state index contributed by atoms with van der Waals surface area (Å²) in [4.78, 5) is 2.29. The SMILES string of the molecule is CC(=N)/C=C(\N)N1CCCCCC1c1ccccc1C. The van der Waals surface area contributed by atoms with Crippen LogP contribution < -0.4 is 5.73 Å². The van der Waals surface area contributed by atoms with Gasteiger partial charge in [0.15, 0.2) is 0 Å². The van der Waals surface area contributed by atoms with E-state index in [9.17, 15) is 0 Å². The maximum absolute atomic E-state index is 7.63. The quantitative estimate of drug-likeness (QED) is 0.823. The molecule has 108 valence electrons. The summed E-state index contributed by atoms with van der Waals surface area (Å²) in [6.07, 6.45) is 6.59. The van der Waals surface area contributed by atoms with Crippen molar-refractivity contribution in [1.82, 2.24) is 4.90 Å². The van der Waals surface area contributed by atoms with E-state index < -0.39 is 0 Å². The van der Waals surface area contributed by atoms with Crippen molar-refractivity contribution in [2.75, 3.05) is 6.54 Å². The van der Waals surface area contributed by atoms with Gasteiger partial charge >= 0.3 is 0 Å². The van der Waals surface area contributed by atoms with Crippen LogP contribution in [0.15, 0.2) is 36.2 Å². The first-order valence-corrected chi connectivity index (χ1v) is 7.44. The third kappa shape index (κ3) is 3.41. The number of hydrogen-bond acceptors (Lipinski definition) is 3. The molecule has 1 heterocycles. The fourth-order valence-electron chi connectivity index (χ4n) is 3.01. The average Bonchev–Trinajstić information content (AvgIpc) is 2.64. The summed E-state index contributed by atoms with van der Waals surface area (Å²) in [5, 5.41) is 7.63. The number of hydrogen-bond donors (Lipinski definition) is 2. The highest BCUT2D eigenvalue weighted by molar-refractivity contribution is 5.90. The van der Waals surface area contributed by atoms with Crippen LogP contribution in [-0.4, -0.2) is 17.2 Å². The van der Waals surface area contributed by atoms with Gasteiger partial charge in [0.1, 0.15) is 5.82 Å². The Morgan fingerprint density at radius 2 is 2.05 bits per heavy atom. The van der Waals surface area contributed by atoms with Crippen molar-refractivity contribution in [2.24, 2.45) is 5.73 Å². The van der Waals surface area contributed by atoms with E-state index in [-0.39, 0.29) is 0 Å². The largest absolute Gasteiger partial charge is 0.385 e. The molecule has 20 heavy (non-hydrogen) atoms. The van der Waals surface area contributed by atoms with Crippen LogP contribution in [0.5, 0.6) is 0 Å². The molecule has 1 aromatic rings. The van der Waals surface area contributed by atoms with Gasteiger partial charge in [-0.25, -0.2) is 0 Å². The molecule has 0 bridgehead atoms. The molecule has 0 aliphatic carbocycles. The molecule has 0 amide bonds. The van der Waals surface area contributed by atoms with E-state index in [0.29, 0.717) is 11.8 Å². The Balaban J connectivity index is 2.35. The van der Waals surface area contributed by atoms with Crippen molar-refractivity contribution in [2.45, 2.75) is 45.6 Å². The summed E-state index contributed by atoms with van der Waals surface area (Å²) in [6, 6.07) is 8.91. The molecule has 3 heteroatoms. The minimum Gasteiger partial charge on any atom is -0.385 e. The minimum absolute atomic E-state index is 0.342. The van der Waals surface area contributed by atoms with Crippen LogP contribution in [0.2, 0.25) is 0 Å². The fourth-order valence-corrected chi connectivity index (χ4v) is 3.01. The van der Waals surface area contributed by atoms with Crippen molar-refractivity contribution in [3.63, 3.8) is 0 Å². The van der Waals surface area contributed by atoms with Crippen LogP contribution in [0.1, 0.15) is 49.8 Å². The van der Waals surface area contributed by atoms with Gasteiger partial charge in [0.25, 0.3) is 0 Å². The van der Waals surface area contributed by atoms with E-state index in [4.69, 9.17) is 11.1 Å². The number of nitrogens with zero attached hydrogens (tertiary/aromatic N) is 1. The average molecular weight is 271 g/mol. The van der Waals surface area contributed by atoms with E-state index in [1.54, 1.807) is 13.0 Å². The molecule has 1 fully saturated rings. The molecule has 2 rings (SSSR count). The van der Waals surface area contributed by atoms with E-state index in [1.807, 2.05) is 0 Å². The maximum Gasteiger partial charge on any atom is 0.101 e. The van der Waals surface area contributed by atoms with E-state index >= 15 is 0 Å². The Bertz CT molecular complexity index is 505. The molecule has 1 aromatic carbocycles. The number of aryl methyl sites for hydroxylation is 1. The predicted molar refractivity (Wildman–Crippen MR) is 84.8 cm³/mol. The summed E-state index contributed by atoms with van der Waals surface area (Å²) >= 11 is 0. The summed E-state index contributed by atoms with van der Waals surface area (Å²) in [5.41, 5.74) is 9.44. The maximum atomic E-state index is 7.63. The highest BCUT2D eigenvalue weighted by Crippen LogP contribution is 2.33. The standard InChI is InChI=1S/C17H25N3/c1-13-8-5-6-9-15(13)16-10-4-3-7-11-20(16)17(19)12-14(2)18/h5-6,8-9,12,16,18H,3-4,7,10-11,19H2,1-2H3/b17-12+,18-14?. The monoisotopic (exact) mass is 271 g/mol. The summed E-state index contributed by atoms with van der Waals surface area (Å²) in [5.74, 6) is 0.729. The van der Waals surface area contributed by atoms with Crippen molar-refractivity contribution >= 4 is 5.71 Å². The molecule has 3 nitrogen and oxygen atoms in total. The fraction of sp³-hybridized carbons (Fsp3) is 0.471. The Hall–Kier alpha value is -1.77. The number of allylic oxidation sites excluding steroid dienone is 1. The Kier molecular flexibility index (Phi) is 4.83. The second-order valence-corrected chi connectivity index (χ2v) is 5.67. The van der Waals surface area contributed by atoms with Crippen LogP contribution in [0.4, 0.5) is 0 Å². The van der Waals surface area contributed by atoms with Gasteiger partial charge in [0, 0.05) is 12.3 Å². The molecule has 3 N–H and O–H groups in total. The van der Waals surface area contributed by atoms with Gasteiger partial charge in [0.05, 0.1) is 6.04 Å². The number of benzene rings is 1. The van der Waals surface area contributed by atoms with Crippen LogP contribution in [0.3, 0.4) is 0 Å². The molecule has 0 radical (unpaired) electrons. The smallest absolute Gasteiger partial charge is 0.101 e. The number of rotatable bonds is 3. The lowest BCUT2D eigenvalue weighted by Gasteiger charge is -2.33. The Labute approximate surface area is 122 Å². The van der Waals surface area contributed by atoms with Gasteiger partial charge in [-0.1, -0.05) is 37.1 Å². The van der Waals surface area contributed by atoms with Crippen molar-refractivity contribution in [3.05, 3.63) is 47.3 Å². The third-order valence-electron chi connectivity index (χ3n) is 4.00. The molecule has 1 aliphatic heterocycles. The van der Waals surface area contributed by atoms with Gasteiger partial charge in [-0.15, -0.1) is 0 Å². The Morgan fingerprint density at radius 3 is 2.75 bits per heavy atom. The number of nitrogens with one attached hydrogen (secondary N) is 1. The van der Waals surface area contributed by atoms with Gasteiger partial charge < -0.3 is 16.0 Å². The number of likely N-dealkylation sites (tertiary alicyclic amines) is 1. The topological polar surface area (TPSA) is 53.1 Å². The highest BCUT2D eigenvalue weighted by Gasteiger charge is 2.24. The first-order chi connectivity index (χ1) is 9.59. The third-order valence-corrected chi connectivity index (χ3v) is 4.00. The first-order valence-electron chi connectivity index (χ1n) is 7.44. The highest BCUT2D eigenvalue weighted by atomic mass is 15.2. The second-order valence-electron chi connectivity index (χ2n) is 5.67. The van der Waals surface area contributed by atoms with Gasteiger partial charge in [-0.3, -0.25) is 0 Å². The summed E-state index contributed by atoms with van der Waals surface area (Å²) < 4.78 is 0. The van der Waals surface area contributed by atoms with Gasteiger partial charge in [-0.2, -0.15) is 0 Å². The zero-order valence-electron chi connectivity index (χ0n) is 12.5. The zero-order valence-corrected chi connectivity index (χ0v) is 12.5. The molecule has 1 unspecified atom stereocenters. The van der Waals surface area contributed by atoms with Crippen LogP contribution in [0.25, 0.3) is 0 Å². The van der Waals surface area contributed by atoms with Crippen LogP contribution in [-0.2, 0) is 0 Å². The molecule has 1 atom stereocenters. The minimum atomic E-state index is 0.342. The van der Waals surface area contributed by atoms with Crippen molar-refractivity contribution < 1.29 is 0 Å². The molecule has 0 spiro atoms. The lowest BCUT2D eigenvalue weighted by Crippen LogP contribution is -2.32. The van der Waals surface area contributed by atoms with Gasteiger partial charge in [-0.05, 0) is 43.9 Å². The summed E-state index contributed by atoms with van der Waals surface area (Å²) in [7, 11) is 0. The second kappa shape index (κ2) is 6.60. The molecule has 1 aliphatic rings. The zero-order chi connectivity index (χ0) is 14.5. The van der Waals surface area contributed by atoms with E-state index in [1.165, 1.54) is 30.4 Å². The van der Waals surface area contributed by atoms with E-state index in [2.05, 4.69) is 36.1 Å². The molecule has 1 saturated heterocycles. The van der Waals surface area contributed by atoms with Crippen molar-refractivity contribution in [1.29, 1.82) is 5.41 Å². The first kappa shape index (κ1) is 14.6. The van der Waals surface area contributed by atoms with Crippen LogP contribution >= 0.6 is 0 Å². The Morgan fingerprint density at radius 1 is 1.30 bits per heavy atom.